The van der Waals surface area contributed by atoms with Gasteiger partial charge in [0.25, 0.3) is 5.91 Å². The van der Waals surface area contributed by atoms with E-state index in [0.717, 1.165) is 17.8 Å². The lowest BCUT2D eigenvalue weighted by atomic mass is 10.0. The molecule has 8 nitrogen and oxygen atoms in total. The number of rotatable bonds is 3. The zero-order valence-corrected chi connectivity index (χ0v) is 14.0. The lowest BCUT2D eigenvalue weighted by molar-refractivity contribution is 0.0704. The summed E-state index contributed by atoms with van der Waals surface area (Å²) in [4.78, 5) is 27.1. The van der Waals surface area contributed by atoms with Crippen molar-refractivity contribution in [2.75, 3.05) is 26.3 Å². The van der Waals surface area contributed by atoms with Crippen LogP contribution < -0.4 is 0 Å². The average molecular weight is 341 g/mol. The van der Waals surface area contributed by atoms with Gasteiger partial charge >= 0.3 is 0 Å². The van der Waals surface area contributed by atoms with Crippen LogP contribution >= 0.6 is 0 Å². The second kappa shape index (κ2) is 6.64. The summed E-state index contributed by atoms with van der Waals surface area (Å²) in [6.45, 7) is 4.03. The summed E-state index contributed by atoms with van der Waals surface area (Å²) in [6.07, 6.45) is 9.40. The fourth-order valence-electron chi connectivity index (χ4n) is 3.11. The SMILES string of the molecule is Cc1ncoc1C(=O)N1CCOCC(Cc2cn3ccnc3cn2)C1. The van der Waals surface area contributed by atoms with Crippen molar-refractivity contribution in [3.8, 4) is 0 Å². The number of imidazole rings is 1. The molecular weight excluding hydrogens is 322 g/mol. The molecule has 0 spiro atoms. The first kappa shape index (κ1) is 15.8. The number of fused-ring (bicyclic) bond motifs is 1. The Bertz CT molecular complexity index is 887. The van der Waals surface area contributed by atoms with Crippen LogP contribution in [0.25, 0.3) is 5.65 Å². The van der Waals surface area contributed by atoms with E-state index < -0.39 is 0 Å². The molecule has 1 amide bonds. The molecule has 0 radical (unpaired) electrons. The van der Waals surface area contributed by atoms with Crippen LogP contribution in [-0.2, 0) is 11.2 Å². The number of ether oxygens (including phenoxy) is 1. The van der Waals surface area contributed by atoms with Gasteiger partial charge in [0.2, 0.25) is 5.76 Å². The van der Waals surface area contributed by atoms with E-state index in [-0.39, 0.29) is 11.8 Å². The Morgan fingerprint density at radius 3 is 3.12 bits per heavy atom. The lowest BCUT2D eigenvalue weighted by Crippen LogP contribution is -2.36. The standard InChI is InChI=1S/C17H19N5O3/c1-12-16(25-11-20-12)17(23)22-4-5-24-10-13(8-22)6-14-9-21-3-2-18-15(21)7-19-14/h2-3,7,9,11,13H,4-6,8,10H2,1H3. The van der Waals surface area contributed by atoms with Gasteiger partial charge in [-0.25, -0.2) is 9.97 Å². The van der Waals surface area contributed by atoms with Crippen LogP contribution in [-0.4, -0.2) is 56.5 Å². The number of carbonyl (C=O) groups excluding carboxylic acids is 1. The maximum absolute atomic E-state index is 12.7. The third-order valence-corrected chi connectivity index (χ3v) is 4.40. The first-order valence-electron chi connectivity index (χ1n) is 8.25. The van der Waals surface area contributed by atoms with Gasteiger partial charge in [0.05, 0.1) is 30.8 Å². The van der Waals surface area contributed by atoms with Crippen LogP contribution in [0, 0.1) is 12.8 Å². The number of oxazole rings is 1. The van der Waals surface area contributed by atoms with Crippen LogP contribution in [0.1, 0.15) is 21.9 Å². The summed E-state index contributed by atoms with van der Waals surface area (Å²) in [5.74, 6) is 0.338. The molecule has 3 aromatic heterocycles. The van der Waals surface area contributed by atoms with E-state index in [1.807, 2.05) is 16.8 Å². The van der Waals surface area contributed by atoms with Gasteiger partial charge in [-0.1, -0.05) is 0 Å². The van der Waals surface area contributed by atoms with Crippen molar-refractivity contribution in [3.05, 3.63) is 48.3 Å². The number of aryl methyl sites for hydroxylation is 1. The molecule has 1 aliphatic heterocycles. The smallest absolute Gasteiger partial charge is 0.291 e. The van der Waals surface area contributed by atoms with Crippen LogP contribution in [0.2, 0.25) is 0 Å². The second-order valence-corrected chi connectivity index (χ2v) is 6.23. The minimum Gasteiger partial charge on any atom is -0.438 e. The molecule has 0 saturated carbocycles. The highest BCUT2D eigenvalue weighted by Gasteiger charge is 2.27. The normalized spacial score (nSPS) is 18.4. The maximum Gasteiger partial charge on any atom is 0.291 e. The molecule has 1 unspecified atom stereocenters. The molecular formula is C17H19N5O3. The highest BCUT2D eigenvalue weighted by molar-refractivity contribution is 5.92. The van der Waals surface area contributed by atoms with Gasteiger partial charge in [0.1, 0.15) is 0 Å². The topological polar surface area (TPSA) is 85.8 Å². The van der Waals surface area contributed by atoms with Crippen molar-refractivity contribution >= 4 is 11.6 Å². The Kier molecular flexibility index (Phi) is 4.19. The Morgan fingerprint density at radius 2 is 2.28 bits per heavy atom. The molecule has 4 rings (SSSR count). The molecule has 1 saturated heterocycles. The number of amides is 1. The molecule has 8 heteroatoms. The molecule has 1 atom stereocenters. The van der Waals surface area contributed by atoms with Gasteiger partial charge in [0.15, 0.2) is 12.0 Å². The first-order chi connectivity index (χ1) is 12.2. The number of aromatic nitrogens is 4. The Morgan fingerprint density at radius 1 is 1.36 bits per heavy atom. The summed E-state index contributed by atoms with van der Waals surface area (Å²) in [5.41, 5.74) is 2.38. The number of carbonyl (C=O) groups is 1. The van der Waals surface area contributed by atoms with Gasteiger partial charge in [-0.3, -0.25) is 9.78 Å². The highest BCUT2D eigenvalue weighted by atomic mass is 16.5. The van der Waals surface area contributed by atoms with Crippen LogP contribution in [0.5, 0.6) is 0 Å². The monoisotopic (exact) mass is 341 g/mol. The number of nitrogens with zero attached hydrogens (tertiary/aromatic N) is 5. The highest BCUT2D eigenvalue weighted by Crippen LogP contribution is 2.17. The molecule has 0 aromatic carbocycles. The second-order valence-electron chi connectivity index (χ2n) is 6.23. The number of hydrogen-bond acceptors (Lipinski definition) is 6. The predicted octanol–water partition coefficient (Wildman–Crippen LogP) is 1.36. The van der Waals surface area contributed by atoms with E-state index in [4.69, 9.17) is 9.15 Å². The van der Waals surface area contributed by atoms with Gasteiger partial charge in [-0.2, -0.15) is 0 Å². The minimum atomic E-state index is -0.136. The van der Waals surface area contributed by atoms with Crippen LogP contribution in [0.3, 0.4) is 0 Å². The van der Waals surface area contributed by atoms with E-state index in [9.17, 15) is 4.79 Å². The molecule has 130 valence electrons. The van der Waals surface area contributed by atoms with Crippen LogP contribution in [0.15, 0.2) is 35.6 Å². The van der Waals surface area contributed by atoms with E-state index >= 15 is 0 Å². The quantitative estimate of drug-likeness (QED) is 0.715. The summed E-state index contributed by atoms with van der Waals surface area (Å²) >= 11 is 0. The molecule has 0 bridgehead atoms. The maximum atomic E-state index is 12.7. The van der Waals surface area contributed by atoms with Crippen LogP contribution in [0.4, 0.5) is 0 Å². The van der Waals surface area contributed by atoms with Gasteiger partial charge in [-0.05, 0) is 13.3 Å². The molecule has 1 aliphatic rings. The van der Waals surface area contributed by atoms with Gasteiger partial charge in [-0.15, -0.1) is 0 Å². The van der Waals surface area contributed by atoms with Gasteiger partial charge < -0.3 is 18.5 Å². The molecule has 3 aromatic rings. The fourth-order valence-corrected chi connectivity index (χ4v) is 3.11. The van der Waals surface area contributed by atoms with Crippen molar-refractivity contribution in [3.63, 3.8) is 0 Å². The van der Waals surface area contributed by atoms with E-state index in [2.05, 4.69) is 15.0 Å². The Hall–Kier alpha value is -2.74. The van der Waals surface area contributed by atoms with Crippen molar-refractivity contribution in [1.29, 1.82) is 0 Å². The van der Waals surface area contributed by atoms with E-state index in [1.54, 1.807) is 24.2 Å². The average Bonchev–Trinajstić information content (AvgIpc) is 3.18. The Labute approximate surface area is 144 Å². The molecule has 0 aliphatic carbocycles. The lowest BCUT2D eigenvalue weighted by Gasteiger charge is -2.22. The Balaban J connectivity index is 1.49. The largest absolute Gasteiger partial charge is 0.438 e. The fraction of sp³-hybridized carbons (Fsp3) is 0.412. The summed E-state index contributed by atoms with van der Waals surface area (Å²) < 4.78 is 12.9. The van der Waals surface area contributed by atoms with Crippen molar-refractivity contribution in [2.24, 2.45) is 5.92 Å². The zero-order chi connectivity index (χ0) is 17.2. The summed E-state index contributed by atoms with van der Waals surface area (Å²) in [7, 11) is 0. The third kappa shape index (κ3) is 3.25. The first-order valence-corrected chi connectivity index (χ1v) is 8.25. The summed E-state index contributed by atoms with van der Waals surface area (Å²) in [6, 6.07) is 0. The summed E-state index contributed by atoms with van der Waals surface area (Å²) in [5, 5.41) is 0. The third-order valence-electron chi connectivity index (χ3n) is 4.40. The van der Waals surface area contributed by atoms with Crippen molar-refractivity contribution in [1.82, 2.24) is 24.3 Å². The number of hydrogen-bond donors (Lipinski definition) is 0. The van der Waals surface area contributed by atoms with Gasteiger partial charge in [0, 0.05) is 37.6 Å². The van der Waals surface area contributed by atoms with Crippen molar-refractivity contribution in [2.45, 2.75) is 13.3 Å². The minimum absolute atomic E-state index is 0.136. The molecule has 4 heterocycles. The zero-order valence-electron chi connectivity index (χ0n) is 14.0. The molecule has 0 N–H and O–H groups in total. The van der Waals surface area contributed by atoms with Crippen molar-refractivity contribution < 1.29 is 13.9 Å². The van der Waals surface area contributed by atoms with E-state index in [1.165, 1.54) is 6.39 Å². The molecule has 1 fully saturated rings. The predicted molar refractivity (Wildman–Crippen MR) is 88.1 cm³/mol. The van der Waals surface area contributed by atoms with E-state index in [0.29, 0.717) is 37.8 Å². The molecule has 25 heavy (non-hydrogen) atoms.